The van der Waals surface area contributed by atoms with Crippen LogP contribution in [0.2, 0.25) is 10.0 Å². The Morgan fingerprint density at radius 1 is 1.09 bits per heavy atom. The third kappa shape index (κ3) is 5.21. The number of rotatable bonds is 7. The van der Waals surface area contributed by atoms with Gasteiger partial charge in [-0.15, -0.1) is 0 Å². The highest BCUT2D eigenvalue weighted by molar-refractivity contribution is 6.35. The molecule has 2 heterocycles. The molecule has 1 N–H and O–H groups in total. The number of halogens is 4. The predicted octanol–water partition coefficient (Wildman–Crippen LogP) is 5.62. The average molecular weight is 506 g/mol. The Kier molecular flexibility index (Phi) is 6.85. The normalized spacial score (nSPS) is 11.0. The molecule has 0 aliphatic heterocycles. The molecule has 34 heavy (non-hydrogen) atoms. The molecule has 0 bridgehead atoms. The van der Waals surface area contributed by atoms with E-state index >= 15 is 0 Å². The van der Waals surface area contributed by atoms with Crippen molar-refractivity contribution in [1.82, 2.24) is 19.6 Å². The van der Waals surface area contributed by atoms with Crippen molar-refractivity contribution < 1.29 is 18.3 Å². The van der Waals surface area contributed by atoms with Crippen LogP contribution < -0.4 is 10.1 Å². The number of carbonyl (C=O) groups excluding carboxylic acids is 1. The van der Waals surface area contributed by atoms with E-state index in [9.17, 15) is 13.6 Å². The van der Waals surface area contributed by atoms with Gasteiger partial charge in [0.15, 0.2) is 24.0 Å². The van der Waals surface area contributed by atoms with Crippen molar-refractivity contribution in [3.05, 3.63) is 93.0 Å². The summed E-state index contributed by atoms with van der Waals surface area (Å²) in [7, 11) is 0. The molecule has 2 aromatic carbocycles. The number of amides is 1. The number of hydrogen-bond donors (Lipinski definition) is 1. The number of nitrogens with one attached hydrogen (secondary N) is 1. The monoisotopic (exact) mass is 505 g/mol. The van der Waals surface area contributed by atoms with Gasteiger partial charge in [-0.3, -0.25) is 9.48 Å². The lowest BCUT2D eigenvalue weighted by Gasteiger charge is -2.08. The molecule has 4 aromatic rings. The van der Waals surface area contributed by atoms with Crippen LogP contribution in [0.5, 0.6) is 5.75 Å². The predicted molar refractivity (Wildman–Crippen MR) is 124 cm³/mol. The Morgan fingerprint density at radius 3 is 2.62 bits per heavy atom. The van der Waals surface area contributed by atoms with Crippen LogP contribution in [0.1, 0.15) is 27.4 Å². The van der Waals surface area contributed by atoms with Crippen LogP contribution in [0.25, 0.3) is 0 Å². The number of carbonyl (C=O) groups is 1. The van der Waals surface area contributed by atoms with Gasteiger partial charge in [-0.05, 0) is 49.7 Å². The van der Waals surface area contributed by atoms with Gasteiger partial charge < -0.3 is 10.1 Å². The molecular formula is C23H19Cl2F2N5O2. The van der Waals surface area contributed by atoms with Gasteiger partial charge in [0.1, 0.15) is 5.82 Å². The molecule has 7 nitrogen and oxygen atoms in total. The number of nitrogens with zero attached hydrogens (tertiary/aromatic N) is 4. The van der Waals surface area contributed by atoms with Crippen LogP contribution in [-0.2, 0) is 13.3 Å². The molecule has 2 aromatic heterocycles. The van der Waals surface area contributed by atoms with E-state index in [1.807, 2.05) is 13.0 Å². The third-order valence-corrected chi connectivity index (χ3v) is 5.66. The Labute approximate surface area is 203 Å². The van der Waals surface area contributed by atoms with Gasteiger partial charge in [0.2, 0.25) is 0 Å². The summed E-state index contributed by atoms with van der Waals surface area (Å²) in [5, 5.41) is 12.6. The molecule has 0 atom stereocenters. The standard InChI is InChI=1S/C23H19Cl2F2N5O2/c1-13-22(14(2)32(29-13)11-15-3-4-16(24)9-18(15)25)28-23(33)20-7-8-31(30-20)12-34-21-6-5-17(26)10-19(21)27/h3-10H,11-12H2,1-2H3,(H,28,33). The zero-order chi connectivity index (χ0) is 24.4. The second kappa shape index (κ2) is 9.82. The van der Waals surface area contributed by atoms with Gasteiger partial charge in [-0.25, -0.2) is 13.5 Å². The van der Waals surface area contributed by atoms with Crippen LogP contribution in [0, 0.1) is 25.5 Å². The van der Waals surface area contributed by atoms with E-state index < -0.39 is 17.5 Å². The highest BCUT2D eigenvalue weighted by Crippen LogP contribution is 2.25. The fourth-order valence-corrected chi connectivity index (χ4v) is 3.77. The molecule has 0 aliphatic rings. The molecular weight excluding hydrogens is 487 g/mol. The molecule has 4 rings (SSSR count). The van der Waals surface area contributed by atoms with E-state index in [1.54, 1.807) is 23.7 Å². The minimum absolute atomic E-state index is 0.123. The smallest absolute Gasteiger partial charge is 0.276 e. The van der Waals surface area contributed by atoms with E-state index in [-0.39, 0.29) is 18.2 Å². The lowest BCUT2D eigenvalue weighted by molar-refractivity contribution is 0.102. The van der Waals surface area contributed by atoms with E-state index in [1.165, 1.54) is 23.0 Å². The summed E-state index contributed by atoms with van der Waals surface area (Å²) < 4.78 is 35.1. The maximum absolute atomic E-state index is 13.7. The van der Waals surface area contributed by atoms with Crippen LogP contribution in [0.3, 0.4) is 0 Å². The maximum atomic E-state index is 13.7. The zero-order valence-electron chi connectivity index (χ0n) is 18.2. The van der Waals surface area contributed by atoms with Crippen molar-refractivity contribution in [2.24, 2.45) is 0 Å². The summed E-state index contributed by atoms with van der Waals surface area (Å²) >= 11 is 12.2. The van der Waals surface area contributed by atoms with Crippen LogP contribution in [-0.4, -0.2) is 25.5 Å². The topological polar surface area (TPSA) is 74.0 Å². The molecule has 0 saturated heterocycles. The minimum atomic E-state index is -0.826. The van der Waals surface area contributed by atoms with Gasteiger partial charge >= 0.3 is 0 Å². The van der Waals surface area contributed by atoms with Gasteiger partial charge in [0.05, 0.1) is 23.6 Å². The van der Waals surface area contributed by atoms with Crippen LogP contribution >= 0.6 is 23.2 Å². The number of ether oxygens (including phenoxy) is 1. The van der Waals surface area contributed by atoms with Crippen LogP contribution in [0.15, 0.2) is 48.7 Å². The summed E-state index contributed by atoms with van der Waals surface area (Å²) in [6, 6.07) is 9.74. The maximum Gasteiger partial charge on any atom is 0.276 e. The number of anilines is 1. The fourth-order valence-electron chi connectivity index (χ4n) is 3.30. The largest absolute Gasteiger partial charge is 0.468 e. The van der Waals surface area contributed by atoms with E-state index in [0.717, 1.165) is 23.4 Å². The van der Waals surface area contributed by atoms with Crippen molar-refractivity contribution in [2.45, 2.75) is 27.1 Å². The molecule has 1 amide bonds. The SMILES string of the molecule is Cc1nn(Cc2ccc(Cl)cc2Cl)c(C)c1NC(=O)c1ccn(COc2ccc(F)cc2F)n1. The van der Waals surface area contributed by atoms with Gasteiger partial charge in [0.25, 0.3) is 5.91 Å². The molecule has 0 aliphatic carbocycles. The Hall–Kier alpha value is -3.43. The number of hydrogen-bond acceptors (Lipinski definition) is 4. The van der Waals surface area contributed by atoms with E-state index in [2.05, 4.69) is 15.5 Å². The van der Waals surface area contributed by atoms with Gasteiger partial charge in [-0.2, -0.15) is 10.2 Å². The lowest BCUT2D eigenvalue weighted by atomic mass is 10.2. The van der Waals surface area contributed by atoms with E-state index in [4.69, 9.17) is 27.9 Å². The highest BCUT2D eigenvalue weighted by Gasteiger charge is 2.18. The molecule has 0 saturated carbocycles. The van der Waals surface area contributed by atoms with Gasteiger partial charge in [-0.1, -0.05) is 29.3 Å². The fraction of sp³-hybridized carbons (Fsp3) is 0.174. The Bertz CT molecular complexity index is 1370. The van der Waals surface area contributed by atoms with Crippen molar-refractivity contribution in [1.29, 1.82) is 0 Å². The average Bonchev–Trinajstić information content (AvgIpc) is 3.35. The first-order chi connectivity index (χ1) is 16.2. The lowest BCUT2D eigenvalue weighted by Crippen LogP contribution is -2.15. The first-order valence-electron chi connectivity index (χ1n) is 10.1. The molecule has 0 fully saturated rings. The van der Waals surface area contributed by atoms with E-state index in [0.29, 0.717) is 28.0 Å². The van der Waals surface area contributed by atoms with Crippen LogP contribution in [0.4, 0.5) is 14.5 Å². The molecule has 0 spiro atoms. The summed E-state index contributed by atoms with van der Waals surface area (Å²) in [5.41, 5.74) is 2.91. The second-order valence-electron chi connectivity index (χ2n) is 7.48. The summed E-state index contributed by atoms with van der Waals surface area (Å²) in [5.74, 6) is -2.09. The second-order valence-corrected chi connectivity index (χ2v) is 8.33. The third-order valence-electron chi connectivity index (χ3n) is 5.07. The first-order valence-corrected chi connectivity index (χ1v) is 10.9. The Balaban J connectivity index is 1.43. The van der Waals surface area contributed by atoms with Crippen molar-refractivity contribution in [2.75, 3.05) is 5.32 Å². The number of benzene rings is 2. The zero-order valence-corrected chi connectivity index (χ0v) is 19.7. The summed E-state index contributed by atoms with van der Waals surface area (Å²) in [6.07, 6.45) is 1.52. The highest BCUT2D eigenvalue weighted by atomic mass is 35.5. The number of aromatic nitrogens is 4. The summed E-state index contributed by atoms with van der Waals surface area (Å²) in [4.78, 5) is 12.8. The molecule has 0 unspecified atom stereocenters. The van der Waals surface area contributed by atoms with Crippen molar-refractivity contribution in [3.63, 3.8) is 0 Å². The van der Waals surface area contributed by atoms with Crippen molar-refractivity contribution >= 4 is 34.8 Å². The Morgan fingerprint density at radius 2 is 1.88 bits per heavy atom. The van der Waals surface area contributed by atoms with Gasteiger partial charge in [0, 0.05) is 22.3 Å². The van der Waals surface area contributed by atoms with Crippen molar-refractivity contribution in [3.8, 4) is 5.75 Å². The molecule has 11 heteroatoms. The summed E-state index contributed by atoms with van der Waals surface area (Å²) in [6.45, 7) is 3.87. The number of aryl methyl sites for hydroxylation is 1. The molecule has 176 valence electrons. The minimum Gasteiger partial charge on any atom is -0.468 e. The quantitative estimate of drug-likeness (QED) is 0.353. The first kappa shape index (κ1) is 23.7. The molecule has 0 radical (unpaired) electrons.